The van der Waals surface area contributed by atoms with E-state index in [9.17, 15) is 0 Å². The van der Waals surface area contributed by atoms with Crippen molar-refractivity contribution in [2.45, 2.75) is 6.92 Å². The van der Waals surface area contributed by atoms with Gasteiger partial charge in [-0.15, -0.1) is 0 Å². The van der Waals surface area contributed by atoms with Gasteiger partial charge in [-0.1, -0.05) is 18.2 Å². The van der Waals surface area contributed by atoms with Crippen LogP contribution in [0.15, 0.2) is 30.3 Å². The van der Waals surface area contributed by atoms with Gasteiger partial charge in [0.1, 0.15) is 0 Å². The first-order valence-corrected chi connectivity index (χ1v) is 8.24. The summed E-state index contributed by atoms with van der Waals surface area (Å²) in [5, 5.41) is 5.43. The Bertz CT molecular complexity index is 453. The van der Waals surface area contributed by atoms with Gasteiger partial charge in [0.2, 0.25) is 0 Å². The SMILES string of the molecule is CCN1CCSC1=[N+]=C(Nc1ccccc1)SC. The number of rotatable bonds is 2. The summed E-state index contributed by atoms with van der Waals surface area (Å²) < 4.78 is 4.72. The predicted molar refractivity (Wildman–Crippen MR) is 85.4 cm³/mol. The van der Waals surface area contributed by atoms with Crippen LogP contribution in [-0.4, -0.2) is 40.3 Å². The first kappa shape index (κ1) is 13.4. The molecule has 2 rings (SSSR count). The molecule has 0 unspecified atom stereocenters. The van der Waals surface area contributed by atoms with Crippen LogP contribution in [0.3, 0.4) is 0 Å². The lowest BCUT2D eigenvalue weighted by Crippen LogP contribution is -2.27. The van der Waals surface area contributed by atoms with Crippen molar-refractivity contribution in [1.29, 1.82) is 0 Å². The Morgan fingerprint density at radius 1 is 1.44 bits per heavy atom. The molecule has 0 aromatic heterocycles. The van der Waals surface area contributed by atoms with E-state index in [0.29, 0.717) is 0 Å². The van der Waals surface area contributed by atoms with E-state index < -0.39 is 0 Å². The number of thioether (sulfide) groups is 2. The maximum Gasteiger partial charge on any atom is 0.350 e. The minimum atomic E-state index is 0.948. The van der Waals surface area contributed by atoms with Crippen molar-refractivity contribution in [3.05, 3.63) is 30.3 Å². The molecule has 5 heteroatoms. The fourth-order valence-electron chi connectivity index (χ4n) is 1.69. The molecule has 1 saturated heterocycles. The topological polar surface area (TPSA) is 29.4 Å². The second-order valence-corrected chi connectivity index (χ2v) is 5.68. The van der Waals surface area contributed by atoms with E-state index in [4.69, 9.17) is 4.67 Å². The first-order valence-electron chi connectivity index (χ1n) is 6.03. The number of para-hydroxylation sites is 1. The third kappa shape index (κ3) is 3.48. The van der Waals surface area contributed by atoms with Crippen molar-refractivity contribution in [3.8, 4) is 0 Å². The van der Waals surface area contributed by atoms with Crippen LogP contribution in [0.5, 0.6) is 0 Å². The molecule has 1 heterocycles. The summed E-state index contributed by atoms with van der Waals surface area (Å²) >= 11 is 3.47. The summed E-state index contributed by atoms with van der Waals surface area (Å²) in [7, 11) is 0. The molecular formula is C13H18N3S2+. The summed E-state index contributed by atoms with van der Waals surface area (Å²) in [6, 6.07) is 10.2. The molecule has 0 aliphatic carbocycles. The van der Waals surface area contributed by atoms with Crippen molar-refractivity contribution >= 4 is 39.5 Å². The highest BCUT2D eigenvalue weighted by atomic mass is 32.2. The molecule has 3 nitrogen and oxygen atoms in total. The van der Waals surface area contributed by atoms with Crippen molar-refractivity contribution in [2.24, 2.45) is 0 Å². The lowest BCUT2D eigenvalue weighted by molar-refractivity contribution is 0.488. The van der Waals surface area contributed by atoms with Crippen LogP contribution in [0.1, 0.15) is 6.92 Å². The zero-order chi connectivity index (χ0) is 12.8. The summed E-state index contributed by atoms with van der Waals surface area (Å²) in [6.07, 6.45) is 2.05. The minimum Gasteiger partial charge on any atom is -0.273 e. The maximum atomic E-state index is 4.72. The first-order chi connectivity index (χ1) is 8.83. The van der Waals surface area contributed by atoms with Gasteiger partial charge in [-0.3, -0.25) is 10.2 Å². The zero-order valence-corrected chi connectivity index (χ0v) is 12.4. The Kier molecular flexibility index (Phi) is 5.05. The summed E-state index contributed by atoms with van der Waals surface area (Å²) in [6.45, 7) is 4.30. The predicted octanol–water partition coefficient (Wildman–Crippen LogP) is 2.31. The molecule has 0 atom stereocenters. The Morgan fingerprint density at radius 2 is 2.22 bits per heavy atom. The highest BCUT2D eigenvalue weighted by Gasteiger charge is 2.24. The Morgan fingerprint density at radius 3 is 2.89 bits per heavy atom. The average Bonchev–Trinajstić information content (AvgIpc) is 2.86. The van der Waals surface area contributed by atoms with Crippen molar-refractivity contribution in [1.82, 2.24) is 9.57 Å². The van der Waals surface area contributed by atoms with Gasteiger partial charge in [0.15, 0.2) is 0 Å². The molecule has 1 aromatic carbocycles. The van der Waals surface area contributed by atoms with Gasteiger partial charge in [-0.25, -0.2) is 4.67 Å². The van der Waals surface area contributed by atoms with Crippen molar-refractivity contribution < 1.29 is 0 Å². The van der Waals surface area contributed by atoms with E-state index in [-0.39, 0.29) is 0 Å². The van der Waals surface area contributed by atoms with Crippen LogP contribution in [-0.2, 0) is 0 Å². The second kappa shape index (κ2) is 6.78. The van der Waals surface area contributed by atoms with Gasteiger partial charge < -0.3 is 0 Å². The Hall–Kier alpha value is -1.03. The van der Waals surface area contributed by atoms with Gasteiger partial charge in [0.25, 0.3) is 0 Å². The van der Waals surface area contributed by atoms with Gasteiger partial charge in [0, 0.05) is 5.75 Å². The molecule has 0 radical (unpaired) electrons. The van der Waals surface area contributed by atoms with Crippen LogP contribution >= 0.6 is 23.5 Å². The second-order valence-electron chi connectivity index (χ2n) is 3.82. The summed E-state index contributed by atoms with van der Waals surface area (Å²) in [5.74, 6) is 1.14. The van der Waals surface area contributed by atoms with E-state index in [1.807, 2.05) is 36.2 Å². The Labute approximate surface area is 117 Å². The number of anilines is 1. The van der Waals surface area contributed by atoms with E-state index in [0.717, 1.165) is 34.9 Å². The lowest BCUT2D eigenvalue weighted by Gasteiger charge is -2.05. The molecule has 18 heavy (non-hydrogen) atoms. The van der Waals surface area contributed by atoms with Gasteiger partial charge in [-0.2, -0.15) is 0 Å². The molecule has 1 aliphatic heterocycles. The van der Waals surface area contributed by atoms with Crippen LogP contribution < -0.4 is 9.98 Å². The smallest absolute Gasteiger partial charge is 0.273 e. The summed E-state index contributed by atoms with van der Waals surface area (Å²) in [5.41, 5.74) is 1.08. The molecule has 96 valence electrons. The molecule has 1 aromatic rings. The molecule has 0 bridgehead atoms. The standard InChI is InChI=1S/C13H17N3S2/c1-3-16-9-10-18-13(16)15-12(17-2)14-11-7-5-4-6-8-11/h4-8H,3,9-10H2,1-2H3/p+1. The number of amidine groups is 2. The van der Waals surface area contributed by atoms with Gasteiger partial charge in [0.05, 0.1) is 18.8 Å². The van der Waals surface area contributed by atoms with Gasteiger partial charge in [-0.05, 0) is 48.8 Å². The highest BCUT2D eigenvalue weighted by Crippen LogP contribution is 2.15. The van der Waals surface area contributed by atoms with E-state index in [1.165, 1.54) is 0 Å². The van der Waals surface area contributed by atoms with Crippen molar-refractivity contribution in [2.75, 3.05) is 30.4 Å². The normalized spacial score (nSPS) is 14.6. The monoisotopic (exact) mass is 280 g/mol. The molecule has 0 saturated carbocycles. The molecule has 1 aliphatic rings. The number of hydrogen-bond acceptors (Lipinski definition) is 2. The number of hydrogen-bond donors (Lipinski definition) is 1. The lowest BCUT2D eigenvalue weighted by atomic mass is 10.3. The fraction of sp³-hybridized carbons (Fsp3) is 0.385. The van der Waals surface area contributed by atoms with Crippen LogP contribution in [0.2, 0.25) is 0 Å². The van der Waals surface area contributed by atoms with E-state index in [1.54, 1.807) is 11.8 Å². The maximum absolute atomic E-state index is 4.72. The molecule has 1 N–H and O–H groups in total. The van der Waals surface area contributed by atoms with Crippen LogP contribution in [0, 0.1) is 0 Å². The molecule has 0 spiro atoms. The fourth-order valence-corrected chi connectivity index (χ4v) is 3.20. The number of benzene rings is 1. The molecule has 1 fully saturated rings. The molecule has 0 amide bonds. The van der Waals surface area contributed by atoms with Gasteiger partial charge >= 0.3 is 10.3 Å². The third-order valence-electron chi connectivity index (χ3n) is 2.66. The average molecular weight is 280 g/mol. The number of nitrogens with zero attached hydrogens (tertiary/aromatic N) is 2. The quantitative estimate of drug-likeness (QED) is 0.511. The third-order valence-corrected chi connectivity index (χ3v) is 4.23. The highest BCUT2D eigenvalue weighted by molar-refractivity contribution is 8.15. The van der Waals surface area contributed by atoms with Crippen molar-refractivity contribution in [3.63, 3.8) is 0 Å². The van der Waals surface area contributed by atoms with E-state index >= 15 is 0 Å². The zero-order valence-electron chi connectivity index (χ0n) is 10.7. The number of nitrogens with one attached hydrogen (secondary N) is 1. The largest absolute Gasteiger partial charge is 0.350 e. The summed E-state index contributed by atoms with van der Waals surface area (Å²) in [4.78, 5) is 2.31. The minimum absolute atomic E-state index is 0.948. The molecular weight excluding hydrogens is 262 g/mol. The Balaban J connectivity index is 2.20. The van der Waals surface area contributed by atoms with Crippen LogP contribution in [0.4, 0.5) is 5.69 Å². The van der Waals surface area contributed by atoms with E-state index in [2.05, 4.69) is 29.3 Å². The van der Waals surface area contributed by atoms with Crippen LogP contribution in [0.25, 0.3) is 0 Å².